The normalized spacial score (nSPS) is 10.8. The molecule has 2 heterocycles. The quantitative estimate of drug-likeness (QED) is 0.342. The zero-order valence-corrected chi connectivity index (χ0v) is 18.3. The number of aromatic nitrogens is 2. The number of anilines is 1. The number of hydrogen-bond donors (Lipinski definition) is 1. The first-order chi connectivity index (χ1) is 15.0. The molecule has 0 saturated carbocycles. The number of nitrogens with zero attached hydrogens (tertiary/aromatic N) is 2. The van der Waals surface area contributed by atoms with Crippen molar-refractivity contribution in [1.29, 1.82) is 0 Å². The van der Waals surface area contributed by atoms with E-state index in [4.69, 9.17) is 27.9 Å². The summed E-state index contributed by atoms with van der Waals surface area (Å²) >= 11 is 13.6. The lowest BCUT2D eigenvalue weighted by Gasteiger charge is -2.06. The standard InChI is InChI=1S/C22H16Cl2FN3O2S/c23-17-3-1-2-4-19(17)30-12-15-9-20(31-13-15)22(29)26-21-18(24)11-28(27-21)10-14-5-7-16(25)8-6-14/h1-9,11,13H,10,12H2,(H,26,27,29). The molecule has 4 rings (SSSR count). The van der Waals surface area contributed by atoms with Gasteiger partial charge in [-0.1, -0.05) is 47.5 Å². The fourth-order valence-electron chi connectivity index (χ4n) is 2.80. The number of para-hydroxylation sites is 1. The van der Waals surface area contributed by atoms with Crippen molar-refractivity contribution in [3.8, 4) is 5.75 Å². The highest BCUT2D eigenvalue weighted by Gasteiger charge is 2.15. The highest BCUT2D eigenvalue weighted by Crippen LogP contribution is 2.26. The molecule has 31 heavy (non-hydrogen) atoms. The van der Waals surface area contributed by atoms with E-state index >= 15 is 0 Å². The monoisotopic (exact) mass is 475 g/mol. The Morgan fingerprint density at radius 2 is 1.87 bits per heavy atom. The van der Waals surface area contributed by atoms with Crippen molar-refractivity contribution in [2.24, 2.45) is 0 Å². The van der Waals surface area contributed by atoms with Crippen LogP contribution in [0.3, 0.4) is 0 Å². The van der Waals surface area contributed by atoms with Crippen LogP contribution in [0.2, 0.25) is 10.0 Å². The minimum atomic E-state index is -0.317. The van der Waals surface area contributed by atoms with Gasteiger partial charge in [0.15, 0.2) is 5.82 Å². The molecule has 0 fully saturated rings. The maximum absolute atomic E-state index is 13.0. The van der Waals surface area contributed by atoms with Crippen LogP contribution in [0, 0.1) is 5.82 Å². The third kappa shape index (κ3) is 5.44. The van der Waals surface area contributed by atoms with E-state index in [9.17, 15) is 9.18 Å². The van der Waals surface area contributed by atoms with Crippen molar-refractivity contribution in [3.63, 3.8) is 0 Å². The molecule has 1 amide bonds. The summed E-state index contributed by atoms with van der Waals surface area (Å²) in [5, 5.41) is 9.72. The fraction of sp³-hybridized carbons (Fsp3) is 0.0909. The lowest BCUT2D eigenvalue weighted by atomic mass is 10.2. The van der Waals surface area contributed by atoms with Crippen LogP contribution in [0.25, 0.3) is 0 Å². The Labute approximate surface area is 192 Å². The molecule has 2 aromatic carbocycles. The number of rotatable bonds is 7. The molecule has 0 bridgehead atoms. The smallest absolute Gasteiger partial charge is 0.266 e. The molecular formula is C22H16Cl2FN3O2S. The van der Waals surface area contributed by atoms with Crippen molar-refractivity contribution >= 4 is 46.3 Å². The lowest BCUT2D eigenvalue weighted by Crippen LogP contribution is -2.11. The van der Waals surface area contributed by atoms with Gasteiger partial charge in [0.1, 0.15) is 23.2 Å². The van der Waals surface area contributed by atoms with Gasteiger partial charge in [-0.3, -0.25) is 9.48 Å². The molecule has 0 aliphatic rings. The molecule has 4 aromatic rings. The van der Waals surface area contributed by atoms with Gasteiger partial charge in [0, 0.05) is 11.8 Å². The van der Waals surface area contributed by atoms with Crippen LogP contribution >= 0.6 is 34.5 Å². The van der Waals surface area contributed by atoms with Gasteiger partial charge in [0.05, 0.1) is 16.4 Å². The van der Waals surface area contributed by atoms with Crippen molar-refractivity contribution < 1.29 is 13.9 Å². The van der Waals surface area contributed by atoms with Crippen LogP contribution in [0.1, 0.15) is 20.8 Å². The Balaban J connectivity index is 1.38. The van der Waals surface area contributed by atoms with Crippen LogP contribution in [-0.4, -0.2) is 15.7 Å². The van der Waals surface area contributed by atoms with Gasteiger partial charge in [0.2, 0.25) is 0 Å². The topological polar surface area (TPSA) is 56.2 Å². The van der Waals surface area contributed by atoms with Gasteiger partial charge >= 0.3 is 0 Å². The van der Waals surface area contributed by atoms with Gasteiger partial charge in [0.25, 0.3) is 5.91 Å². The molecule has 0 saturated heterocycles. The van der Waals surface area contributed by atoms with Crippen LogP contribution < -0.4 is 10.1 Å². The summed E-state index contributed by atoms with van der Waals surface area (Å²) in [6, 6.07) is 15.1. The lowest BCUT2D eigenvalue weighted by molar-refractivity contribution is 0.103. The first kappa shape index (κ1) is 21.4. The highest BCUT2D eigenvalue weighted by atomic mass is 35.5. The predicted octanol–water partition coefficient (Wildman–Crippen LogP) is 6.27. The molecule has 1 N–H and O–H groups in total. The molecule has 0 aliphatic heterocycles. The molecule has 158 valence electrons. The average Bonchev–Trinajstić information content (AvgIpc) is 3.36. The zero-order valence-electron chi connectivity index (χ0n) is 16.0. The average molecular weight is 476 g/mol. The number of amides is 1. The van der Waals surface area contributed by atoms with Crippen LogP contribution in [0.15, 0.2) is 66.2 Å². The second-order valence-corrected chi connectivity index (χ2v) is 8.37. The first-order valence-corrected chi connectivity index (χ1v) is 10.8. The van der Waals surface area contributed by atoms with Crippen molar-refractivity contribution in [2.75, 3.05) is 5.32 Å². The summed E-state index contributed by atoms with van der Waals surface area (Å²) in [7, 11) is 0. The largest absolute Gasteiger partial charge is 0.487 e. The van der Waals surface area contributed by atoms with Gasteiger partial charge in [-0.25, -0.2) is 4.39 Å². The van der Waals surface area contributed by atoms with E-state index in [0.717, 1.165) is 11.1 Å². The van der Waals surface area contributed by atoms with E-state index in [2.05, 4.69) is 10.4 Å². The summed E-state index contributed by atoms with van der Waals surface area (Å²) in [5.74, 6) is 0.224. The predicted molar refractivity (Wildman–Crippen MR) is 121 cm³/mol. The molecule has 2 aromatic heterocycles. The molecule has 0 spiro atoms. The molecule has 0 radical (unpaired) electrons. The fourth-order valence-corrected chi connectivity index (χ4v) is 3.98. The number of nitrogens with one attached hydrogen (secondary N) is 1. The summed E-state index contributed by atoms with van der Waals surface area (Å²) in [6.45, 7) is 0.693. The van der Waals surface area contributed by atoms with Gasteiger partial charge < -0.3 is 10.1 Å². The number of carbonyl (C=O) groups excluding carboxylic acids is 1. The number of ether oxygens (including phenoxy) is 1. The summed E-state index contributed by atoms with van der Waals surface area (Å²) in [6.07, 6.45) is 1.61. The van der Waals surface area contributed by atoms with Crippen LogP contribution in [-0.2, 0) is 13.2 Å². The van der Waals surface area contributed by atoms with Crippen molar-refractivity contribution in [3.05, 3.63) is 98.0 Å². The Morgan fingerprint density at radius 3 is 2.65 bits per heavy atom. The number of halogens is 3. The summed E-state index contributed by atoms with van der Waals surface area (Å²) in [4.78, 5) is 13.1. The van der Waals surface area contributed by atoms with Gasteiger partial charge in [-0.15, -0.1) is 11.3 Å². The highest BCUT2D eigenvalue weighted by molar-refractivity contribution is 7.12. The molecule has 0 aliphatic carbocycles. The molecule has 5 nitrogen and oxygen atoms in total. The van der Waals surface area contributed by atoms with E-state index in [0.29, 0.717) is 33.8 Å². The van der Waals surface area contributed by atoms with E-state index in [1.165, 1.54) is 23.5 Å². The maximum atomic E-state index is 13.0. The zero-order chi connectivity index (χ0) is 21.8. The van der Waals surface area contributed by atoms with Crippen molar-refractivity contribution in [2.45, 2.75) is 13.2 Å². The first-order valence-electron chi connectivity index (χ1n) is 9.21. The number of thiophene rings is 1. The summed E-state index contributed by atoms with van der Waals surface area (Å²) < 4.78 is 20.3. The second-order valence-electron chi connectivity index (χ2n) is 6.64. The van der Waals surface area contributed by atoms with E-state index < -0.39 is 0 Å². The maximum Gasteiger partial charge on any atom is 0.266 e. The van der Waals surface area contributed by atoms with Crippen LogP contribution in [0.4, 0.5) is 10.2 Å². The third-order valence-electron chi connectivity index (χ3n) is 4.32. The minimum Gasteiger partial charge on any atom is -0.487 e. The number of carbonyl (C=O) groups is 1. The minimum absolute atomic E-state index is 0.260. The summed E-state index contributed by atoms with van der Waals surface area (Å²) in [5.41, 5.74) is 1.71. The van der Waals surface area contributed by atoms with Crippen molar-refractivity contribution in [1.82, 2.24) is 9.78 Å². The Bertz CT molecular complexity index is 1210. The van der Waals surface area contributed by atoms with E-state index in [1.807, 2.05) is 17.5 Å². The third-order valence-corrected chi connectivity index (χ3v) is 5.88. The Hall–Kier alpha value is -2.87. The number of hydrogen-bond acceptors (Lipinski definition) is 4. The SMILES string of the molecule is O=C(Nc1nn(Cc2ccc(F)cc2)cc1Cl)c1cc(COc2ccccc2Cl)cs1. The van der Waals surface area contributed by atoms with E-state index in [-0.39, 0.29) is 17.5 Å². The second kappa shape index (κ2) is 9.51. The van der Waals surface area contributed by atoms with Gasteiger partial charge in [-0.05, 0) is 41.3 Å². The van der Waals surface area contributed by atoms with Gasteiger partial charge in [-0.2, -0.15) is 5.10 Å². The number of benzene rings is 2. The molecule has 9 heteroatoms. The Morgan fingerprint density at radius 1 is 1.10 bits per heavy atom. The van der Waals surface area contributed by atoms with Crippen LogP contribution in [0.5, 0.6) is 5.75 Å². The Kier molecular flexibility index (Phi) is 6.56. The van der Waals surface area contributed by atoms with E-state index in [1.54, 1.807) is 41.2 Å². The molecule has 0 unspecified atom stereocenters. The molecule has 0 atom stereocenters. The molecular weight excluding hydrogens is 460 g/mol.